The van der Waals surface area contributed by atoms with Crippen LogP contribution in [-0.4, -0.2) is 30.8 Å². The third-order valence-corrected chi connectivity index (χ3v) is 3.10. The molecule has 0 spiro atoms. The molecule has 1 aliphatic heterocycles. The summed E-state index contributed by atoms with van der Waals surface area (Å²) in [4.78, 5) is 13.8. The zero-order valence-electron chi connectivity index (χ0n) is 12.1. The molecule has 5 heteroatoms. The molecule has 1 saturated heterocycles. The summed E-state index contributed by atoms with van der Waals surface area (Å²) in [6, 6.07) is 6.47. The Balaban J connectivity index is 1.86. The van der Waals surface area contributed by atoms with Gasteiger partial charge in [0.2, 0.25) is 0 Å². The molecule has 1 aromatic carbocycles. The van der Waals surface area contributed by atoms with E-state index in [0.29, 0.717) is 6.54 Å². The van der Waals surface area contributed by atoms with Crippen LogP contribution in [0.15, 0.2) is 24.3 Å². The molecule has 1 heterocycles. The Morgan fingerprint density at radius 2 is 2.00 bits per heavy atom. The molecule has 1 aromatic rings. The van der Waals surface area contributed by atoms with Crippen LogP contribution in [0.4, 0.5) is 14.9 Å². The third-order valence-electron chi connectivity index (χ3n) is 3.10. The van der Waals surface area contributed by atoms with Crippen LogP contribution in [0, 0.1) is 5.82 Å². The van der Waals surface area contributed by atoms with Gasteiger partial charge < -0.3 is 15.0 Å². The molecule has 1 aliphatic rings. The number of nitrogens with zero attached hydrogens (tertiary/aromatic N) is 1. The van der Waals surface area contributed by atoms with Crippen molar-refractivity contribution >= 4 is 11.8 Å². The minimum atomic E-state index is -0.487. The molecule has 0 aliphatic carbocycles. The van der Waals surface area contributed by atoms with Crippen molar-refractivity contribution in [2.45, 2.75) is 38.8 Å². The van der Waals surface area contributed by atoms with Crippen LogP contribution < -0.4 is 10.2 Å². The number of alkyl carbamates (subject to hydrolysis) is 1. The highest BCUT2D eigenvalue weighted by Gasteiger charge is 2.26. The second-order valence-corrected chi connectivity index (χ2v) is 6.05. The maximum absolute atomic E-state index is 12.9. The Hall–Kier alpha value is -1.78. The fourth-order valence-corrected chi connectivity index (χ4v) is 2.24. The summed E-state index contributed by atoms with van der Waals surface area (Å²) in [5.74, 6) is -0.239. The Morgan fingerprint density at radius 1 is 1.35 bits per heavy atom. The minimum absolute atomic E-state index is 0.0647. The molecule has 0 bridgehead atoms. The van der Waals surface area contributed by atoms with E-state index in [2.05, 4.69) is 10.2 Å². The Morgan fingerprint density at radius 3 is 2.60 bits per heavy atom. The van der Waals surface area contributed by atoms with Crippen molar-refractivity contribution in [1.82, 2.24) is 5.32 Å². The number of hydrogen-bond acceptors (Lipinski definition) is 3. The van der Waals surface area contributed by atoms with E-state index in [9.17, 15) is 9.18 Å². The summed E-state index contributed by atoms with van der Waals surface area (Å²) < 4.78 is 18.1. The quantitative estimate of drug-likeness (QED) is 0.905. The fourth-order valence-electron chi connectivity index (χ4n) is 2.24. The third kappa shape index (κ3) is 4.11. The van der Waals surface area contributed by atoms with Gasteiger partial charge in [-0.3, -0.25) is 0 Å². The lowest BCUT2D eigenvalue weighted by Gasteiger charge is -2.22. The molecule has 20 heavy (non-hydrogen) atoms. The van der Waals surface area contributed by atoms with Gasteiger partial charge >= 0.3 is 6.09 Å². The predicted octanol–water partition coefficient (Wildman–Crippen LogP) is 2.93. The predicted molar refractivity (Wildman–Crippen MR) is 76.4 cm³/mol. The van der Waals surface area contributed by atoms with E-state index in [1.807, 2.05) is 20.8 Å². The monoisotopic (exact) mass is 280 g/mol. The van der Waals surface area contributed by atoms with Crippen LogP contribution in [0.1, 0.15) is 27.2 Å². The maximum Gasteiger partial charge on any atom is 0.407 e. The van der Waals surface area contributed by atoms with Crippen molar-refractivity contribution in [3.63, 3.8) is 0 Å². The van der Waals surface area contributed by atoms with Crippen molar-refractivity contribution < 1.29 is 13.9 Å². The zero-order chi connectivity index (χ0) is 14.8. The summed E-state index contributed by atoms with van der Waals surface area (Å²) in [5, 5.41) is 2.87. The van der Waals surface area contributed by atoms with Crippen molar-refractivity contribution in [3.8, 4) is 0 Å². The van der Waals surface area contributed by atoms with Gasteiger partial charge in [0.05, 0.1) is 6.04 Å². The van der Waals surface area contributed by atoms with Crippen molar-refractivity contribution in [2.24, 2.45) is 0 Å². The molecule has 1 amide bonds. The summed E-state index contributed by atoms with van der Waals surface area (Å²) >= 11 is 0. The molecule has 0 aromatic heterocycles. The average molecular weight is 280 g/mol. The van der Waals surface area contributed by atoms with Gasteiger partial charge in [0, 0.05) is 18.8 Å². The van der Waals surface area contributed by atoms with Crippen LogP contribution in [0.3, 0.4) is 0 Å². The first kappa shape index (κ1) is 14.6. The van der Waals surface area contributed by atoms with Gasteiger partial charge in [0.1, 0.15) is 11.4 Å². The molecule has 2 rings (SSSR count). The first-order valence-electron chi connectivity index (χ1n) is 6.83. The molecule has 1 unspecified atom stereocenters. The number of anilines is 1. The van der Waals surface area contributed by atoms with Gasteiger partial charge in [-0.25, -0.2) is 9.18 Å². The number of rotatable bonds is 2. The lowest BCUT2D eigenvalue weighted by molar-refractivity contribution is 0.0509. The van der Waals surface area contributed by atoms with Crippen LogP contribution >= 0.6 is 0 Å². The molecule has 4 nitrogen and oxygen atoms in total. The normalized spacial score (nSPS) is 19.0. The Bertz CT molecular complexity index is 468. The first-order valence-corrected chi connectivity index (χ1v) is 6.83. The van der Waals surface area contributed by atoms with Gasteiger partial charge in [0.25, 0.3) is 0 Å². The number of carbonyl (C=O) groups excluding carboxylic acids is 1. The Labute approximate surface area is 118 Å². The van der Waals surface area contributed by atoms with Crippen LogP contribution in [0.5, 0.6) is 0 Å². The number of carbonyl (C=O) groups is 1. The SMILES string of the molecule is CC(C)(C)OC(=O)NC1CCN(c2ccc(F)cc2)C1. The molecule has 1 N–H and O–H groups in total. The van der Waals surface area contributed by atoms with Crippen LogP contribution in [-0.2, 0) is 4.74 Å². The number of ether oxygens (including phenoxy) is 1. The summed E-state index contributed by atoms with van der Waals surface area (Å²) in [6.07, 6.45) is 0.472. The largest absolute Gasteiger partial charge is 0.444 e. The van der Waals surface area contributed by atoms with Crippen molar-refractivity contribution in [1.29, 1.82) is 0 Å². The van der Waals surface area contributed by atoms with E-state index in [4.69, 9.17) is 4.74 Å². The topological polar surface area (TPSA) is 41.6 Å². The molecule has 1 atom stereocenters. The molecule has 0 saturated carbocycles. The van der Waals surface area contributed by atoms with E-state index in [-0.39, 0.29) is 18.0 Å². The number of halogens is 1. The molecule has 1 fully saturated rings. The minimum Gasteiger partial charge on any atom is -0.444 e. The standard InChI is InChI=1S/C15H21FN2O2/c1-15(2,3)20-14(19)17-12-8-9-18(10-12)13-6-4-11(16)5-7-13/h4-7,12H,8-10H2,1-3H3,(H,17,19). The zero-order valence-corrected chi connectivity index (χ0v) is 12.1. The second kappa shape index (κ2) is 5.69. The summed E-state index contributed by atoms with van der Waals surface area (Å²) in [7, 11) is 0. The lowest BCUT2D eigenvalue weighted by Crippen LogP contribution is -2.40. The van der Waals surface area contributed by atoms with E-state index >= 15 is 0 Å². The fraction of sp³-hybridized carbons (Fsp3) is 0.533. The molecular weight excluding hydrogens is 259 g/mol. The molecule has 110 valence electrons. The van der Waals surface area contributed by atoms with E-state index in [0.717, 1.165) is 18.7 Å². The van der Waals surface area contributed by atoms with Crippen molar-refractivity contribution in [3.05, 3.63) is 30.1 Å². The molecule has 0 radical (unpaired) electrons. The van der Waals surface area contributed by atoms with Crippen LogP contribution in [0.2, 0.25) is 0 Å². The smallest absolute Gasteiger partial charge is 0.407 e. The van der Waals surface area contributed by atoms with Gasteiger partial charge in [-0.1, -0.05) is 0 Å². The first-order chi connectivity index (χ1) is 9.33. The highest BCUT2D eigenvalue weighted by Crippen LogP contribution is 2.20. The van der Waals surface area contributed by atoms with E-state index in [1.165, 1.54) is 12.1 Å². The van der Waals surface area contributed by atoms with Gasteiger partial charge in [0.15, 0.2) is 0 Å². The van der Waals surface area contributed by atoms with Gasteiger partial charge in [-0.15, -0.1) is 0 Å². The summed E-state index contributed by atoms with van der Waals surface area (Å²) in [5.41, 5.74) is 0.485. The Kier molecular flexibility index (Phi) is 4.16. The number of amides is 1. The lowest BCUT2D eigenvalue weighted by atomic mass is 10.2. The molecular formula is C15H21FN2O2. The second-order valence-electron chi connectivity index (χ2n) is 6.05. The number of hydrogen-bond donors (Lipinski definition) is 1. The van der Waals surface area contributed by atoms with Crippen LogP contribution in [0.25, 0.3) is 0 Å². The highest BCUT2D eigenvalue weighted by molar-refractivity contribution is 5.68. The number of benzene rings is 1. The van der Waals surface area contributed by atoms with Gasteiger partial charge in [-0.05, 0) is 51.5 Å². The number of nitrogens with one attached hydrogen (secondary N) is 1. The average Bonchev–Trinajstić information content (AvgIpc) is 2.75. The summed E-state index contributed by atoms with van der Waals surface area (Å²) in [6.45, 7) is 7.07. The van der Waals surface area contributed by atoms with Gasteiger partial charge in [-0.2, -0.15) is 0 Å². The van der Waals surface area contributed by atoms with E-state index in [1.54, 1.807) is 12.1 Å². The van der Waals surface area contributed by atoms with Crippen molar-refractivity contribution in [2.75, 3.05) is 18.0 Å². The highest BCUT2D eigenvalue weighted by atomic mass is 19.1. The van der Waals surface area contributed by atoms with E-state index < -0.39 is 5.60 Å². The maximum atomic E-state index is 12.9.